The molecule has 1 fully saturated rings. The summed E-state index contributed by atoms with van der Waals surface area (Å²) in [6.07, 6.45) is 0.956. The molecule has 0 saturated carbocycles. The van der Waals surface area contributed by atoms with Crippen LogP contribution in [0.2, 0.25) is 0 Å². The van der Waals surface area contributed by atoms with E-state index in [1.54, 1.807) is 17.5 Å². The zero-order valence-corrected chi connectivity index (χ0v) is 19.2. The Morgan fingerprint density at radius 2 is 2.00 bits per heavy atom. The molecule has 1 aliphatic heterocycles. The van der Waals surface area contributed by atoms with Gasteiger partial charge >= 0.3 is 0 Å². The van der Waals surface area contributed by atoms with Crippen LogP contribution in [0.25, 0.3) is 10.2 Å². The van der Waals surface area contributed by atoms with Crippen molar-refractivity contribution >= 4 is 48.8 Å². The fourth-order valence-corrected chi connectivity index (χ4v) is 7.27. The molecule has 0 spiro atoms. The standard InChI is InChI=1S/C20H23N3O4S3/c1-3-27-15-6-4-7-16-18(15)22(2)20(29-16)21-19(24)14-9-11-23(12-10-14)30(25,26)17-8-5-13-28-17/h4-8,13-14H,3,9-12H2,1-2H3. The number of para-hydroxylation sites is 1. The van der Waals surface area contributed by atoms with Crippen LogP contribution in [0.5, 0.6) is 5.75 Å². The van der Waals surface area contributed by atoms with Gasteiger partial charge in [0.1, 0.15) is 15.5 Å². The van der Waals surface area contributed by atoms with Crippen molar-refractivity contribution in [3.63, 3.8) is 0 Å². The van der Waals surface area contributed by atoms with Gasteiger partial charge in [0.2, 0.25) is 0 Å². The lowest BCUT2D eigenvalue weighted by molar-refractivity contribution is -0.122. The molecule has 160 valence electrons. The summed E-state index contributed by atoms with van der Waals surface area (Å²) < 4.78 is 35.7. The average molecular weight is 466 g/mol. The lowest BCUT2D eigenvalue weighted by Gasteiger charge is -2.29. The Kier molecular flexibility index (Phi) is 6.10. The highest BCUT2D eigenvalue weighted by Crippen LogP contribution is 2.28. The highest BCUT2D eigenvalue weighted by atomic mass is 32.2. The van der Waals surface area contributed by atoms with Crippen molar-refractivity contribution in [3.05, 3.63) is 40.5 Å². The van der Waals surface area contributed by atoms with Crippen LogP contribution < -0.4 is 9.54 Å². The van der Waals surface area contributed by atoms with E-state index in [0.29, 0.717) is 41.5 Å². The number of ether oxygens (including phenoxy) is 1. The number of amides is 1. The zero-order chi connectivity index (χ0) is 21.3. The molecule has 0 bridgehead atoms. The SMILES string of the molecule is CCOc1cccc2sc(=NC(=O)C3CCN(S(=O)(=O)c4cccs4)CC3)n(C)c12. The molecule has 4 rings (SSSR count). The average Bonchev–Trinajstić information content (AvgIpc) is 3.38. The Balaban J connectivity index is 1.52. The molecule has 3 heterocycles. The molecular weight excluding hydrogens is 442 g/mol. The van der Waals surface area contributed by atoms with E-state index in [1.807, 2.05) is 36.7 Å². The number of hydrogen-bond donors (Lipinski definition) is 0. The van der Waals surface area contributed by atoms with Gasteiger partial charge in [-0.3, -0.25) is 4.79 Å². The van der Waals surface area contributed by atoms with Crippen LogP contribution in [-0.2, 0) is 21.9 Å². The van der Waals surface area contributed by atoms with Crippen LogP contribution in [0.4, 0.5) is 0 Å². The number of sulfonamides is 1. The van der Waals surface area contributed by atoms with Crippen molar-refractivity contribution in [3.8, 4) is 5.75 Å². The van der Waals surface area contributed by atoms with E-state index in [0.717, 1.165) is 16.0 Å². The maximum atomic E-state index is 12.8. The van der Waals surface area contributed by atoms with Crippen molar-refractivity contribution in [1.29, 1.82) is 0 Å². The topological polar surface area (TPSA) is 81.0 Å². The Hall–Kier alpha value is -2.01. The first kappa shape index (κ1) is 21.2. The smallest absolute Gasteiger partial charge is 0.252 e. The van der Waals surface area contributed by atoms with Gasteiger partial charge in [0.05, 0.1) is 11.3 Å². The van der Waals surface area contributed by atoms with Crippen molar-refractivity contribution < 1.29 is 17.9 Å². The molecule has 1 saturated heterocycles. The molecule has 0 radical (unpaired) electrons. The van der Waals surface area contributed by atoms with Gasteiger partial charge in [0.25, 0.3) is 15.9 Å². The van der Waals surface area contributed by atoms with E-state index >= 15 is 0 Å². The minimum Gasteiger partial charge on any atom is -0.492 e. The first-order valence-electron chi connectivity index (χ1n) is 9.75. The summed E-state index contributed by atoms with van der Waals surface area (Å²) in [5, 5.41) is 1.75. The highest BCUT2D eigenvalue weighted by molar-refractivity contribution is 7.91. The first-order valence-corrected chi connectivity index (χ1v) is 12.9. The number of thiazole rings is 1. The summed E-state index contributed by atoms with van der Waals surface area (Å²) in [4.78, 5) is 17.8. The van der Waals surface area contributed by atoms with Gasteiger partial charge in [-0.1, -0.05) is 23.5 Å². The highest BCUT2D eigenvalue weighted by Gasteiger charge is 2.32. The number of nitrogens with zero attached hydrogens (tertiary/aromatic N) is 3. The molecule has 1 aliphatic rings. The lowest BCUT2D eigenvalue weighted by atomic mass is 9.98. The summed E-state index contributed by atoms with van der Waals surface area (Å²) in [7, 11) is -1.59. The predicted octanol–water partition coefficient (Wildman–Crippen LogP) is 3.23. The fraction of sp³-hybridized carbons (Fsp3) is 0.400. The van der Waals surface area contributed by atoms with Gasteiger partial charge < -0.3 is 9.30 Å². The van der Waals surface area contributed by atoms with Gasteiger partial charge in [-0.15, -0.1) is 11.3 Å². The van der Waals surface area contributed by atoms with Crippen molar-refractivity contribution in [1.82, 2.24) is 8.87 Å². The van der Waals surface area contributed by atoms with Crippen LogP contribution in [0.1, 0.15) is 19.8 Å². The fourth-order valence-electron chi connectivity index (χ4n) is 3.61. The maximum absolute atomic E-state index is 12.8. The third-order valence-corrected chi connectivity index (χ3v) is 9.55. The number of fused-ring (bicyclic) bond motifs is 1. The van der Waals surface area contributed by atoms with Crippen molar-refractivity contribution in [2.45, 2.75) is 24.0 Å². The summed E-state index contributed by atoms with van der Waals surface area (Å²) in [5.41, 5.74) is 0.924. The largest absolute Gasteiger partial charge is 0.492 e. The van der Waals surface area contributed by atoms with E-state index < -0.39 is 10.0 Å². The van der Waals surface area contributed by atoms with Crippen LogP contribution in [0.15, 0.2) is 44.9 Å². The Labute approximate surface area is 183 Å². The number of hydrogen-bond acceptors (Lipinski definition) is 6. The first-order chi connectivity index (χ1) is 14.4. The van der Waals surface area contributed by atoms with Crippen LogP contribution in [0, 0.1) is 5.92 Å². The summed E-state index contributed by atoms with van der Waals surface area (Å²) in [6.45, 7) is 3.16. The number of aryl methyl sites for hydroxylation is 1. The molecule has 0 N–H and O–H groups in total. The normalized spacial score (nSPS) is 16.9. The number of rotatable bonds is 5. The number of piperidine rings is 1. The monoisotopic (exact) mass is 465 g/mol. The number of aromatic nitrogens is 1. The second kappa shape index (κ2) is 8.62. The zero-order valence-electron chi connectivity index (χ0n) is 16.8. The van der Waals surface area contributed by atoms with E-state index in [9.17, 15) is 13.2 Å². The van der Waals surface area contributed by atoms with Crippen molar-refractivity contribution in [2.75, 3.05) is 19.7 Å². The number of carbonyl (C=O) groups excluding carboxylic acids is 1. The summed E-state index contributed by atoms with van der Waals surface area (Å²) in [6, 6.07) is 9.17. The molecule has 3 aromatic rings. The minimum absolute atomic E-state index is 0.191. The van der Waals surface area contributed by atoms with Crippen LogP contribution in [0.3, 0.4) is 0 Å². The van der Waals surface area contributed by atoms with Crippen molar-refractivity contribution in [2.24, 2.45) is 18.0 Å². The minimum atomic E-state index is -3.47. The van der Waals surface area contributed by atoms with Gasteiger partial charge in [-0.25, -0.2) is 8.42 Å². The van der Waals surface area contributed by atoms with Crippen LogP contribution in [-0.4, -0.2) is 42.9 Å². The Bertz CT molecular complexity index is 1220. The van der Waals surface area contributed by atoms with Gasteiger partial charge in [-0.05, 0) is 43.3 Å². The second-order valence-electron chi connectivity index (χ2n) is 7.04. The number of thiophene rings is 1. The molecule has 10 heteroatoms. The molecule has 1 aromatic carbocycles. The Morgan fingerprint density at radius 3 is 2.67 bits per heavy atom. The van der Waals surface area contributed by atoms with Crippen LogP contribution >= 0.6 is 22.7 Å². The molecule has 1 amide bonds. The summed E-state index contributed by atoms with van der Waals surface area (Å²) >= 11 is 2.66. The van der Waals surface area contributed by atoms with Gasteiger partial charge in [-0.2, -0.15) is 9.30 Å². The number of benzene rings is 1. The van der Waals surface area contributed by atoms with E-state index in [1.165, 1.54) is 27.0 Å². The third kappa shape index (κ3) is 3.96. The predicted molar refractivity (Wildman–Crippen MR) is 118 cm³/mol. The molecule has 0 aliphatic carbocycles. The molecule has 2 aromatic heterocycles. The maximum Gasteiger partial charge on any atom is 0.252 e. The van der Waals surface area contributed by atoms with Gasteiger partial charge in [0, 0.05) is 26.1 Å². The Morgan fingerprint density at radius 1 is 1.23 bits per heavy atom. The second-order valence-corrected chi connectivity index (χ2v) is 11.2. The summed E-state index contributed by atoms with van der Waals surface area (Å²) in [5.74, 6) is 0.314. The molecule has 7 nitrogen and oxygen atoms in total. The molecule has 0 unspecified atom stereocenters. The van der Waals surface area contributed by atoms with E-state index in [-0.39, 0.29) is 11.8 Å². The lowest BCUT2D eigenvalue weighted by Crippen LogP contribution is -2.40. The third-order valence-electron chi connectivity index (χ3n) is 5.18. The number of carbonyl (C=O) groups is 1. The molecule has 0 atom stereocenters. The van der Waals surface area contributed by atoms with E-state index in [4.69, 9.17) is 4.74 Å². The molecule has 30 heavy (non-hydrogen) atoms. The molecular formula is C20H23N3O4S3. The quantitative estimate of drug-likeness (QED) is 0.579. The van der Waals surface area contributed by atoms with Gasteiger partial charge in [0.15, 0.2) is 4.80 Å². The van der Waals surface area contributed by atoms with E-state index in [2.05, 4.69) is 4.99 Å².